The molecule has 0 radical (unpaired) electrons. The van der Waals surface area contributed by atoms with Crippen LogP contribution >= 0.6 is 0 Å². The lowest BCUT2D eigenvalue weighted by atomic mass is 10.1. The Morgan fingerprint density at radius 2 is 2.25 bits per heavy atom. The minimum Gasteiger partial charge on any atom is -0.478 e. The highest BCUT2D eigenvalue weighted by Gasteiger charge is 2.30. The first kappa shape index (κ1) is 13.9. The van der Waals surface area contributed by atoms with Gasteiger partial charge in [-0.1, -0.05) is 12.0 Å². The highest BCUT2D eigenvalue weighted by Crippen LogP contribution is 2.36. The molecule has 0 bridgehead atoms. The van der Waals surface area contributed by atoms with E-state index in [2.05, 4.69) is 5.92 Å². The highest BCUT2D eigenvalue weighted by molar-refractivity contribution is 5.97. The van der Waals surface area contributed by atoms with Gasteiger partial charge in [-0.25, -0.2) is 4.79 Å². The van der Waals surface area contributed by atoms with E-state index in [0.717, 1.165) is 12.8 Å². The van der Waals surface area contributed by atoms with E-state index in [-0.39, 0.29) is 23.5 Å². The maximum absolute atomic E-state index is 11.3. The van der Waals surface area contributed by atoms with Gasteiger partial charge < -0.3 is 10.0 Å². The summed E-state index contributed by atoms with van der Waals surface area (Å²) in [4.78, 5) is 23.5. The van der Waals surface area contributed by atoms with E-state index in [1.54, 1.807) is 4.90 Å². The van der Waals surface area contributed by atoms with Crippen LogP contribution in [-0.2, 0) is 0 Å². The number of benzene rings is 1. The third kappa shape index (κ3) is 2.88. The molecule has 1 aromatic carbocycles. The van der Waals surface area contributed by atoms with Crippen LogP contribution in [0.25, 0.3) is 0 Å². The van der Waals surface area contributed by atoms with Gasteiger partial charge in [0.2, 0.25) is 0 Å². The number of anilines is 1. The van der Waals surface area contributed by atoms with Crippen LogP contribution in [0, 0.1) is 28.4 Å². The third-order valence-electron chi connectivity index (χ3n) is 3.22. The summed E-state index contributed by atoms with van der Waals surface area (Å²) < 4.78 is 0. The maximum Gasteiger partial charge on any atom is 0.338 e. The van der Waals surface area contributed by atoms with Gasteiger partial charge in [-0.15, -0.1) is 6.42 Å². The SMILES string of the molecule is C#CCN(CC1CC1)c1c(C(=O)O)cccc1[N+](=O)[O-]. The van der Waals surface area contributed by atoms with Gasteiger partial charge in [-0.3, -0.25) is 10.1 Å². The number of carboxylic acids is 1. The standard InChI is InChI=1S/C14H14N2O4/c1-2-8-15(9-10-6-7-10)13-11(14(17)18)4-3-5-12(13)16(19)20/h1,3-5,10H,6-9H2,(H,17,18). The molecule has 1 N–H and O–H groups in total. The molecule has 0 atom stereocenters. The van der Waals surface area contributed by atoms with Gasteiger partial charge >= 0.3 is 5.97 Å². The van der Waals surface area contributed by atoms with Crippen molar-refractivity contribution in [2.75, 3.05) is 18.0 Å². The molecule has 0 aliphatic heterocycles. The summed E-state index contributed by atoms with van der Waals surface area (Å²) in [6.07, 6.45) is 7.40. The summed E-state index contributed by atoms with van der Waals surface area (Å²) in [5.74, 6) is 1.68. The predicted molar refractivity (Wildman–Crippen MR) is 73.8 cm³/mol. The van der Waals surface area contributed by atoms with E-state index >= 15 is 0 Å². The Morgan fingerprint density at radius 1 is 1.55 bits per heavy atom. The van der Waals surface area contributed by atoms with Crippen LogP contribution in [0.15, 0.2) is 18.2 Å². The molecule has 1 saturated carbocycles. The Morgan fingerprint density at radius 3 is 2.75 bits per heavy atom. The second-order valence-electron chi connectivity index (χ2n) is 4.76. The second-order valence-corrected chi connectivity index (χ2v) is 4.76. The monoisotopic (exact) mass is 274 g/mol. The minimum atomic E-state index is -1.19. The lowest BCUT2D eigenvalue weighted by molar-refractivity contribution is -0.384. The van der Waals surface area contributed by atoms with Gasteiger partial charge in [0.1, 0.15) is 5.69 Å². The number of hydrogen-bond donors (Lipinski definition) is 1. The topological polar surface area (TPSA) is 83.7 Å². The number of carbonyl (C=O) groups is 1. The zero-order valence-electron chi connectivity index (χ0n) is 10.8. The van der Waals surface area contributed by atoms with Crippen molar-refractivity contribution in [3.8, 4) is 12.3 Å². The molecular formula is C14H14N2O4. The van der Waals surface area contributed by atoms with E-state index in [1.165, 1.54) is 18.2 Å². The summed E-state index contributed by atoms with van der Waals surface area (Å²) in [5, 5.41) is 20.4. The van der Waals surface area contributed by atoms with Crippen molar-refractivity contribution in [3.63, 3.8) is 0 Å². The number of para-hydroxylation sites is 1. The Hall–Kier alpha value is -2.55. The fourth-order valence-electron chi connectivity index (χ4n) is 2.14. The molecule has 0 saturated heterocycles. The zero-order valence-corrected chi connectivity index (χ0v) is 10.8. The first-order valence-corrected chi connectivity index (χ1v) is 6.23. The average Bonchev–Trinajstić information content (AvgIpc) is 3.21. The molecule has 1 aromatic rings. The predicted octanol–water partition coefficient (Wildman–Crippen LogP) is 2.14. The van der Waals surface area contributed by atoms with E-state index in [9.17, 15) is 20.0 Å². The highest BCUT2D eigenvalue weighted by atomic mass is 16.6. The van der Waals surface area contributed by atoms with Crippen molar-refractivity contribution >= 4 is 17.3 Å². The Kier molecular flexibility index (Phi) is 3.89. The molecular weight excluding hydrogens is 260 g/mol. The van der Waals surface area contributed by atoms with Crippen LogP contribution in [0.4, 0.5) is 11.4 Å². The molecule has 6 nitrogen and oxygen atoms in total. The van der Waals surface area contributed by atoms with Crippen molar-refractivity contribution in [2.24, 2.45) is 5.92 Å². The van der Waals surface area contributed by atoms with Gasteiger partial charge in [0.15, 0.2) is 0 Å². The molecule has 20 heavy (non-hydrogen) atoms. The largest absolute Gasteiger partial charge is 0.478 e. The van der Waals surface area contributed by atoms with Crippen LogP contribution in [0.1, 0.15) is 23.2 Å². The van der Waals surface area contributed by atoms with Gasteiger partial charge in [0.05, 0.1) is 17.0 Å². The number of nitro groups is 1. The number of aromatic carboxylic acids is 1. The van der Waals surface area contributed by atoms with Crippen LogP contribution in [-0.4, -0.2) is 29.1 Å². The van der Waals surface area contributed by atoms with Crippen molar-refractivity contribution in [2.45, 2.75) is 12.8 Å². The fraction of sp³-hybridized carbons (Fsp3) is 0.357. The first-order valence-electron chi connectivity index (χ1n) is 6.23. The molecule has 0 spiro atoms. The molecule has 0 aromatic heterocycles. The molecule has 1 fully saturated rings. The van der Waals surface area contributed by atoms with Gasteiger partial charge in [-0.2, -0.15) is 0 Å². The zero-order chi connectivity index (χ0) is 14.7. The van der Waals surface area contributed by atoms with Crippen LogP contribution in [0.5, 0.6) is 0 Å². The van der Waals surface area contributed by atoms with Gasteiger partial charge in [0, 0.05) is 12.6 Å². The molecule has 2 rings (SSSR count). The smallest absolute Gasteiger partial charge is 0.338 e. The average molecular weight is 274 g/mol. The third-order valence-corrected chi connectivity index (χ3v) is 3.22. The Balaban J connectivity index is 2.51. The molecule has 1 aliphatic carbocycles. The number of nitrogens with zero attached hydrogens (tertiary/aromatic N) is 2. The summed E-state index contributed by atoms with van der Waals surface area (Å²) in [7, 11) is 0. The summed E-state index contributed by atoms with van der Waals surface area (Å²) in [5.41, 5.74) is -0.203. The van der Waals surface area contributed by atoms with Crippen LogP contribution < -0.4 is 4.90 Å². The van der Waals surface area contributed by atoms with Gasteiger partial charge in [0.25, 0.3) is 5.69 Å². The van der Waals surface area contributed by atoms with E-state index < -0.39 is 10.9 Å². The number of carboxylic acid groups (broad SMARTS) is 1. The van der Waals surface area contributed by atoms with Crippen molar-refractivity contribution in [1.29, 1.82) is 0 Å². The first-order chi connectivity index (χ1) is 9.54. The molecule has 0 unspecified atom stereocenters. The molecule has 1 aliphatic rings. The van der Waals surface area contributed by atoms with E-state index in [4.69, 9.17) is 6.42 Å². The molecule has 104 valence electrons. The number of rotatable bonds is 6. The fourth-order valence-corrected chi connectivity index (χ4v) is 2.14. The van der Waals surface area contributed by atoms with Gasteiger partial charge in [-0.05, 0) is 24.8 Å². The van der Waals surface area contributed by atoms with Crippen molar-refractivity contribution in [3.05, 3.63) is 33.9 Å². The molecule has 6 heteroatoms. The molecule has 0 amide bonds. The Labute approximate surface area is 116 Å². The number of hydrogen-bond acceptors (Lipinski definition) is 4. The van der Waals surface area contributed by atoms with Crippen LogP contribution in [0.3, 0.4) is 0 Å². The summed E-state index contributed by atoms with van der Waals surface area (Å²) >= 11 is 0. The molecule has 0 heterocycles. The maximum atomic E-state index is 11.3. The lowest BCUT2D eigenvalue weighted by Crippen LogP contribution is -2.28. The summed E-state index contributed by atoms with van der Waals surface area (Å²) in [6.45, 7) is 0.705. The normalized spacial score (nSPS) is 13.6. The van der Waals surface area contributed by atoms with Crippen molar-refractivity contribution in [1.82, 2.24) is 0 Å². The number of nitro benzene ring substituents is 1. The minimum absolute atomic E-state index is 0.0879. The number of terminal acetylenes is 1. The summed E-state index contributed by atoms with van der Waals surface area (Å²) in [6, 6.07) is 4.04. The van der Waals surface area contributed by atoms with E-state index in [1.807, 2.05) is 0 Å². The second kappa shape index (κ2) is 5.61. The van der Waals surface area contributed by atoms with Crippen molar-refractivity contribution < 1.29 is 14.8 Å². The van der Waals surface area contributed by atoms with Crippen LogP contribution in [0.2, 0.25) is 0 Å². The van der Waals surface area contributed by atoms with E-state index in [0.29, 0.717) is 12.5 Å². The lowest BCUT2D eigenvalue weighted by Gasteiger charge is -2.23. The Bertz CT molecular complexity index is 555. The quantitative estimate of drug-likeness (QED) is 0.488.